The molecule has 0 aliphatic rings. The normalized spacial score (nSPS) is 10.2. The minimum absolute atomic E-state index is 0.148. The van der Waals surface area contributed by atoms with Crippen LogP contribution in [0.15, 0.2) is 42.5 Å². The third kappa shape index (κ3) is 3.10. The van der Waals surface area contributed by atoms with Crippen molar-refractivity contribution in [3.63, 3.8) is 0 Å². The van der Waals surface area contributed by atoms with Crippen LogP contribution < -0.4 is 5.32 Å². The van der Waals surface area contributed by atoms with Gasteiger partial charge in [-0.2, -0.15) is 0 Å². The van der Waals surface area contributed by atoms with Gasteiger partial charge in [-0.1, -0.05) is 42.0 Å². The van der Waals surface area contributed by atoms with Crippen LogP contribution in [0.4, 0.5) is 11.4 Å². The molecule has 0 aromatic heterocycles. The SMILES string of the molecule is Cc1ccc(CNc2cccc(C)c2[N+](=O)[O-])cc1. The zero-order chi connectivity index (χ0) is 13.8. The van der Waals surface area contributed by atoms with Gasteiger partial charge in [-0.25, -0.2) is 0 Å². The maximum absolute atomic E-state index is 11.1. The molecule has 0 aliphatic heterocycles. The van der Waals surface area contributed by atoms with Crippen LogP contribution in [-0.4, -0.2) is 4.92 Å². The van der Waals surface area contributed by atoms with Crippen LogP contribution in [0.2, 0.25) is 0 Å². The number of para-hydroxylation sites is 1. The van der Waals surface area contributed by atoms with E-state index in [9.17, 15) is 10.1 Å². The number of anilines is 1. The monoisotopic (exact) mass is 256 g/mol. The van der Waals surface area contributed by atoms with Crippen LogP contribution in [0, 0.1) is 24.0 Å². The molecule has 0 fully saturated rings. The number of rotatable bonds is 4. The summed E-state index contributed by atoms with van der Waals surface area (Å²) in [6, 6.07) is 13.4. The Labute approximate surface area is 112 Å². The fourth-order valence-corrected chi connectivity index (χ4v) is 1.95. The molecule has 19 heavy (non-hydrogen) atoms. The maximum atomic E-state index is 11.1. The van der Waals surface area contributed by atoms with Crippen molar-refractivity contribution in [2.75, 3.05) is 5.32 Å². The van der Waals surface area contributed by atoms with Crippen molar-refractivity contribution in [3.05, 3.63) is 69.3 Å². The van der Waals surface area contributed by atoms with Crippen molar-refractivity contribution in [2.24, 2.45) is 0 Å². The van der Waals surface area contributed by atoms with Gasteiger partial charge < -0.3 is 5.32 Å². The fourth-order valence-electron chi connectivity index (χ4n) is 1.95. The molecule has 0 amide bonds. The first kappa shape index (κ1) is 13.1. The van der Waals surface area contributed by atoms with Crippen LogP contribution in [0.25, 0.3) is 0 Å². The number of aryl methyl sites for hydroxylation is 2. The number of nitro groups is 1. The van der Waals surface area contributed by atoms with Crippen LogP contribution in [0.5, 0.6) is 0 Å². The molecule has 2 aromatic rings. The zero-order valence-corrected chi connectivity index (χ0v) is 11.0. The van der Waals surface area contributed by atoms with E-state index in [1.165, 1.54) is 5.56 Å². The Balaban J connectivity index is 2.18. The first-order valence-corrected chi connectivity index (χ1v) is 6.11. The van der Waals surface area contributed by atoms with E-state index in [4.69, 9.17) is 0 Å². The Bertz CT molecular complexity index is 592. The molecule has 0 saturated heterocycles. The molecule has 0 aliphatic carbocycles. The molecule has 0 atom stereocenters. The quantitative estimate of drug-likeness (QED) is 0.668. The Morgan fingerprint density at radius 3 is 2.42 bits per heavy atom. The molecular weight excluding hydrogens is 240 g/mol. The van der Waals surface area contributed by atoms with E-state index in [-0.39, 0.29) is 10.6 Å². The van der Waals surface area contributed by atoms with Gasteiger partial charge in [-0.15, -0.1) is 0 Å². The van der Waals surface area contributed by atoms with Crippen LogP contribution in [0.1, 0.15) is 16.7 Å². The molecule has 0 heterocycles. The van der Waals surface area contributed by atoms with E-state index in [0.717, 1.165) is 5.56 Å². The summed E-state index contributed by atoms with van der Waals surface area (Å²) in [7, 11) is 0. The van der Waals surface area contributed by atoms with E-state index in [1.807, 2.05) is 37.3 Å². The molecule has 98 valence electrons. The lowest BCUT2D eigenvalue weighted by Gasteiger charge is -2.08. The third-order valence-corrected chi connectivity index (χ3v) is 3.02. The summed E-state index contributed by atoms with van der Waals surface area (Å²) in [6.07, 6.45) is 0. The van der Waals surface area contributed by atoms with Crippen LogP contribution in [-0.2, 0) is 6.54 Å². The average molecular weight is 256 g/mol. The number of hydrogen-bond donors (Lipinski definition) is 1. The van der Waals surface area contributed by atoms with Crippen molar-refractivity contribution >= 4 is 11.4 Å². The summed E-state index contributed by atoms with van der Waals surface area (Å²) < 4.78 is 0. The summed E-state index contributed by atoms with van der Waals surface area (Å²) in [6.45, 7) is 4.35. The highest BCUT2D eigenvalue weighted by Gasteiger charge is 2.16. The third-order valence-electron chi connectivity index (χ3n) is 3.02. The summed E-state index contributed by atoms with van der Waals surface area (Å²) >= 11 is 0. The van der Waals surface area contributed by atoms with Gasteiger partial charge in [0.05, 0.1) is 4.92 Å². The predicted molar refractivity (Wildman–Crippen MR) is 76.3 cm³/mol. The predicted octanol–water partition coefficient (Wildman–Crippen LogP) is 3.82. The Kier molecular flexibility index (Phi) is 3.80. The highest BCUT2D eigenvalue weighted by Crippen LogP contribution is 2.28. The fraction of sp³-hybridized carbons (Fsp3) is 0.200. The van der Waals surface area contributed by atoms with Crippen molar-refractivity contribution < 1.29 is 4.92 Å². The molecule has 2 aromatic carbocycles. The lowest BCUT2D eigenvalue weighted by atomic mass is 10.1. The Morgan fingerprint density at radius 2 is 1.79 bits per heavy atom. The van der Waals surface area contributed by atoms with Gasteiger partial charge in [-0.3, -0.25) is 10.1 Å². The minimum Gasteiger partial charge on any atom is -0.375 e. The lowest BCUT2D eigenvalue weighted by molar-refractivity contribution is -0.384. The van der Waals surface area contributed by atoms with E-state index in [1.54, 1.807) is 19.1 Å². The van der Waals surface area contributed by atoms with Gasteiger partial charge in [0.2, 0.25) is 0 Å². The molecule has 0 saturated carbocycles. The second-order valence-corrected chi connectivity index (χ2v) is 4.57. The molecule has 4 nitrogen and oxygen atoms in total. The molecule has 0 bridgehead atoms. The first-order chi connectivity index (χ1) is 9.08. The largest absolute Gasteiger partial charge is 0.375 e. The topological polar surface area (TPSA) is 55.2 Å². The summed E-state index contributed by atoms with van der Waals surface area (Å²) in [4.78, 5) is 10.7. The van der Waals surface area contributed by atoms with Gasteiger partial charge in [0.25, 0.3) is 5.69 Å². The van der Waals surface area contributed by atoms with Gasteiger partial charge in [0.15, 0.2) is 0 Å². The molecule has 1 N–H and O–H groups in total. The highest BCUT2D eigenvalue weighted by atomic mass is 16.6. The standard InChI is InChI=1S/C15H16N2O2/c1-11-6-8-13(9-7-11)10-16-14-5-3-4-12(2)15(14)17(18)19/h3-9,16H,10H2,1-2H3. The van der Waals surface area contributed by atoms with Crippen molar-refractivity contribution in [1.29, 1.82) is 0 Å². The lowest BCUT2D eigenvalue weighted by Crippen LogP contribution is -2.03. The van der Waals surface area contributed by atoms with Gasteiger partial charge in [-0.05, 0) is 25.5 Å². The summed E-state index contributed by atoms with van der Waals surface area (Å²) in [5.41, 5.74) is 3.67. The highest BCUT2D eigenvalue weighted by molar-refractivity contribution is 5.65. The summed E-state index contributed by atoms with van der Waals surface area (Å²) in [5.74, 6) is 0. The molecule has 2 rings (SSSR count). The average Bonchev–Trinajstić information content (AvgIpc) is 2.37. The van der Waals surface area contributed by atoms with Crippen LogP contribution >= 0.6 is 0 Å². The van der Waals surface area contributed by atoms with E-state index in [0.29, 0.717) is 17.8 Å². The molecule has 0 unspecified atom stereocenters. The Morgan fingerprint density at radius 1 is 1.11 bits per heavy atom. The maximum Gasteiger partial charge on any atom is 0.295 e. The zero-order valence-electron chi connectivity index (χ0n) is 11.0. The number of nitrogens with one attached hydrogen (secondary N) is 1. The number of hydrogen-bond acceptors (Lipinski definition) is 3. The minimum atomic E-state index is -0.340. The molecule has 4 heteroatoms. The second kappa shape index (κ2) is 5.52. The smallest absolute Gasteiger partial charge is 0.295 e. The van der Waals surface area contributed by atoms with Gasteiger partial charge in [0, 0.05) is 12.1 Å². The van der Waals surface area contributed by atoms with Crippen LogP contribution in [0.3, 0.4) is 0 Å². The van der Waals surface area contributed by atoms with E-state index >= 15 is 0 Å². The molecule has 0 spiro atoms. The van der Waals surface area contributed by atoms with Gasteiger partial charge >= 0.3 is 0 Å². The van der Waals surface area contributed by atoms with Crippen molar-refractivity contribution in [1.82, 2.24) is 0 Å². The van der Waals surface area contributed by atoms with Crippen molar-refractivity contribution in [2.45, 2.75) is 20.4 Å². The molecule has 0 radical (unpaired) electrons. The van der Waals surface area contributed by atoms with Gasteiger partial charge in [0.1, 0.15) is 5.69 Å². The second-order valence-electron chi connectivity index (χ2n) is 4.57. The summed E-state index contributed by atoms with van der Waals surface area (Å²) in [5, 5.41) is 14.2. The van der Waals surface area contributed by atoms with E-state index < -0.39 is 0 Å². The van der Waals surface area contributed by atoms with Crippen molar-refractivity contribution in [3.8, 4) is 0 Å². The number of benzene rings is 2. The molecular formula is C15H16N2O2. The Hall–Kier alpha value is -2.36. The number of nitrogens with zero attached hydrogens (tertiary/aromatic N) is 1. The first-order valence-electron chi connectivity index (χ1n) is 6.11. The number of nitro benzene ring substituents is 1. The van der Waals surface area contributed by atoms with E-state index in [2.05, 4.69) is 5.32 Å².